The lowest BCUT2D eigenvalue weighted by Crippen LogP contribution is -2.30. The first-order chi connectivity index (χ1) is 12.3. The highest BCUT2D eigenvalue weighted by molar-refractivity contribution is 5.80. The Morgan fingerprint density at radius 3 is 2.72 bits per heavy atom. The molecule has 3 rings (SSSR count). The summed E-state index contributed by atoms with van der Waals surface area (Å²) in [5.41, 5.74) is 2.64. The summed E-state index contributed by atoms with van der Waals surface area (Å²) in [4.78, 5) is 7.33. The maximum absolute atomic E-state index is 14.3. The molecule has 2 aromatic carbocycles. The van der Waals surface area contributed by atoms with E-state index in [0.717, 1.165) is 31.5 Å². The van der Waals surface area contributed by atoms with Crippen molar-refractivity contribution < 1.29 is 9.23 Å². The van der Waals surface area contributed by atoms with E-state index in [1.165, 1.54) is 18.7 Å². The van der Waals surface area contributed by atoms with Gasteiger partial charge in [-0.2, -0.15) is 5.26 Å². The van der Waals surface area contributed by atoms with E-state index >= 15 is 0 Å². The van der Waals surface area contributed by atoms with E-state index in [9.17, 15) is 4.39 Å². The summed E-state index contributed by atoms with van der Waals surface area (Å²) in [6.07, 6.45) is 4.93. The minimum absolute atomic E-state index is 0.203. The van der Waals surface area contributed by atoms with Gasteiger partial charge in [0.1, 0.15) is 12.4 Å². The quantitative estimate of drug-likeness (QED) is 0.606. The minimum Gasteiger partial charge on any atom is -0.391 e. The number of hydrogen-bond acceptors (Lipinski definition) is 4. The molecule has 1 fully saturated rings. The molecule has 1 aliphatic rings. The molecule has 0 bridgehead atoms. The summed E-state index contributed by atoms with van der Waals surface area (Å²) in [7, 11) is 0. The van der Waals surface area contributed by atoms with E-state index in [1.54, 1.807) is 18.2 Å². The van der Waals surface area contributed by atoms with Crippen molar-refractivity contribution in [2.75, 3.05) is 18.0 Å². The SMILES string of the molecule is N#Cc1ccccc1CO/N=C\c1ccc(N2CCCCC2)c(F)c1. The first-order valence-electron chi connectivity index (χ1n) is 8.46. The molecule has 4 nitrogen and oxygen atoms in total. The number of nitrogens with zero attached hydrogens (tertiary/aromatic N) is 3. The lowest BCUT2D eigenvalue weighted by Gasteiger charge is -2.29. The molecule has 2 aromatic rings. The van der Waals surface area contributed by atoms with Crippen LogP contribution < -0.4 is 4.90 Å². The second-order valence-electron chi connectivity index (χ2n) is 6.04. The second-order valence-corrected chi connectivity index (χ2v) is 6.04. The summed E-state index contributed by atoms with van der Waals surface area (Å²) in [5.74, 6) is -0.235. The summed E-state index contributed by atoms with van der Waals surface area (Å²) in [5, 5.41) is 12.9. The molecule has 25 heavy (non-hydrogen) atoms. The monoisotopic (exact) mass is 337 g/mol. The van der Waals surface area contributed by atoms with Gasteiger partial charge in [0.15, 0.2) is 0 Å². The first kappa shape index (κ1) is 17.0. The molecule has 0 radical (unpaired) electrons. The van der Waals surface area contributed by atoms with Crippen molar-refractivity contribution in [2.24, 2.45) is 5.16 Å². The van der Waals surface area contributed by atoms with Crippen LogP contribution in [0.5, 0.6) is 0 Å². The van der Waals surface area contributed by atoms with Gasteiger partial charge >= 0.3 is 0 Å². The molecule has 0 N–H and O–H groups in total. The first-order valence-corrected chi connectivity index (χ1v) is 8.46. The average molecular weight is 337 g/mol. The molecular weight excluding hydrogens is 317 g/mol. The van der Waals surface area contributed by atoms with Gasteiger partial charge in [-0.05, 0) is 43.0 Å². The molecule has 0 amide bonds. The highest BCUT2D eigenvalue weighted by Crippen LogP contribution is 2.23. The van der Waals surface area contributed by atoms with Crippen LogP contribution in [0.1, 0.15) is 36.0 Å². The predicted molar refractivity (Wildman–Crippen MR) is 96.0 cm³/mol. The van der Waals surface area contributed by atoms with Crippen LogP contribution in [0.4, 0.5) is 10.1 Å². The van der Waals surface area contributed by atoms with Crippen LogP contribution in [-0.4, -0.2) is 19.3 Å². The summed E-state index contributed by atoms with van der Waals surface area (Å²) in [6.45, 7) is 2.02. The van der Waals surface area contributed by atoms with Crippen LogP contribution in [-0.2, 0) is 11.4 Å². The molecule has 0 atom stereocenters. The molecule has 128 valence electrons. The van der Waals surface area contributed by atoms with E-state index in [4.69, 9.17) is 10.1 Å². The zero-order chi connectivity index (χ0) is 17.5. The fourth-order valence-electron chi connectivity index (χ4n) is 2.95. The smallest absolute Gasteiger partial charge is 0.147 e. The highest BCUT2D eigenvalue weighted by Gasteiger charge is 2.14. The fraction of sp³-hybridized carbons (Fsp3) is 0.300. The Balaban J connectivity index is 1.60. The van der Waals surface area contributed by atoms with E-state index < -0.39 is 0 Å². The van der Waals surface area contributed by atoms with Crippen LogP contribution in [0.25, 0.3) is 0 Å². The Morgan fingerprint density at radius 1 is 1.16 bits per heavy atom. The number of anilines is 1. The van der Waals surface area contributed by atoms with Crippen LogP contribution in [0.15, 0.2) is 47.6 Å². The minimum atomic E-state index is -0.235. The molecule has 1 aliphatic heterocycles. The third-order valence-electron chi connectivity index (χ3n) is 4.30. The fourth-order valence-corrected chi connectivity index (χ4v) is 2.95. The molecule has 0 saturated carbocycles. The van der Waals surface area contributed by atoms with Gasteiger partial charge in [0.25, 0.3) is 0 Å². The van der Waals surface area contributed by atoms with Crippen molar-refractivity contribution in [3.8, 4) is 6.07 Å². The van der Waals surface area contributed by atoms with Crippen molar-refractivity contribution in [3.05, 3.63) is 65.0 Å². The predicted octanol–water partition coefficient (Wildman–Crippen LogP) is 4.24. The lowest BCUT2D eigenvalue weighted by atomic mass is 10.1. The van der Waals surface area contributed by atoms with Crippen molar-refractivity contribution >= 4 is 11.9 Å². The molecule has 1 saturated heterocycles. The van der Waals surface area contributed by atoms with E-state index in [1.807, 2.05) is 18.2 Å². The zero-order valence-corrected chi connectivity index (χ0v) is 14.0. The maximum atomic E-state index is 14.3. The Kier molecular flexibility index (Phi) is 5.63. The molecule has 1 heterocycles. The van der Waals surface area contributed by atoms with Crippen LogP contribution in [0.2, 0.25) is 0 Å². The third kappa shape index (κ3) is 4.36. The molecule has 0 aliphatic carbocycles. The molecule has 0 spiro atoms. The van der Waals surface area contributed by atoms with Gasteiger partial charge in [-0.3, -0.25) is 0 Å². The standard InChI is InChI=1S/C20H20FN3O/c21-19-12-16(8-9-20(19)24-10-4-1-5-11-24)14-23-25-15-18-7-3-2-6-17(18)13-22/h2-3,6-9,12,14H,1,4-5,10-11,15H2/b23-14-. The van der Waals surface area contributed by atoms with Crippen molar-refractivity contribution in [1.29, 1.82) is 5.26 Å². The van der Waals surface area contributed by atoms with Crippen molar-refractivity contribution in [3.63, 3.8) is 0 Å². The molecule has 0 aromatic heterocycles. The van der Waals surface area contributed by atoms with Gasteiger partial charge in [0.05, 0.1) is 23.5 Å². The maximum Gasteiger partial charge on any atom is 0.147 e. The highest BCUT2D eigenvalue weighted by atomic mass is 19.1. The van der Waals surface area contributed by atoms with Gasteiger partial charge in [-0.1, -0.05) is 29.4 Å². The van der Waals surface area contributed by atoms with E-state index in [2.05, 4.69) is 16.1 Å². The Morgan fingerprint density at radius 2 is 1.96 bits per heavy atom. The normalized spacial score (nSPS) is 14.5. The van der Waals surface area contributed by atoms with Crippen LogP contribution in [0, 0.1) is 17.1 Å². The Labute approximate surface area is 147 Å². The summed E-state index contributed by atoms with van der Waals surface area (Å²) >= 11 is 0. The van der Waals surface area contributed by atoms with Gasteiger partial charge in [-0.15, -0.1) is 0 Å². The van der Waals surface area contributed by atoms with E-state index in [-0.39, 0.29) is 12.4 Å². The van der Waals surface area contributed by atoms with E-state index in [0.29, 0.717) is 16.8 Å². The van der Waals surface area contributed by atoms with Gasteiger partial charge in [0, 0.05) is 18.7 Å². The van der Waals surface area contributed by atoms with Crippen LogP contribution >= 0.6 is 0 Å². The third-order valence-corrected chi connectivity index (χ3v) is 4.30. The number of benzene rings is 2. The molecular formula is C20H20FN3O. The molecule has 5 heteroatoms. The number of halogens is 1. The van der Waals surface area contributed by atoms with Crippen molar-refractivity contribution in [2.45, 2.75) is 25.9 Å². The second kappa shape index (κ2) is 8.29. The Hall–Kier alpha value is -2.87. The number of piperidine rings is 1. The average Bonchev–Trinajstić information content (AvgIpc) is 2.66. The summed E-state index contributed by atoms with van der Waals surface area (Å²) < 4.78 is 14.3. The zero-order valence-electron chi connectivity index (χ0n) is 14.0. The largest absolute Gasteiger partial charge is 0.391 e. The summed E-state index contributed by atoms with van der Waals surface area (Å²) in [6, 6.07) is 14.4. The van der Waals surface area contributed by atoms with Gasteiger partial charge in [0.2, 0.25) is 0 Å². The van der Waals surface area contributed by atoms with Gasteiger partial charge in [-0.25, -0.2) is 4.39 Å². The number of oxime groups is 1. The van der Waals surface area contributed by atoms with Gasteiger partial charge < -0.3 is 9.74 Å². The molecule has 0 unspecified atom stereocenters. The van der Waals surface area contributed by atoms with Crippen LogP contribution in [0.3, 0.4) is 0 Å². The Bertz CT molecular complexity index is 792. The number of nitriles is 1. The number of hydrogen-bond donors (Lipinski definition) is 0. The van der Waals surface area contributed by atoms with Crippen molar-refractivity contribution in [1.82, 2.24) is 0 Å². The number of rotatable bonds is 5. The lowest BCUT2D eigenvalue weighted by molar-refractivity contribution is 0.132. The topological polar surface area (TPSA) is 48.6 Å².